The number of nitrogens with zero attached hydrogens (tertiary/aromatic N) is 5. The number of alkyl halides is 6. The number of imide groups is 3. The molecular weight excluding hydrogens is 1340 g/mol. The highest BCUT2D eigenvalue weighted by atomic mass is 31.0. The van der Waals surface area contributed by atoms with Gasteiger partial charge in [0.15, 0.2) is 5.78 Å². The number of amides is 7. The highest BCUT2D eigenvalue weighted by molar-refractivity contribution is 7.13. The van der Waals surface area contributed by atoms with Crippen LogP contribution in [0, 0.1) is 107 Å². The molecule has 9 fully saturated rings. The van der Waals surface area contributed by atoms with E-state index >= 15 is 0 Å². The molecule has 17 aliphatic rings. The molecule has 0 radical (unpaired) electrons. The molecule has 13 aliphatic carbocycles. The molecule has 97 heavy (non-hydrogen) atoms. The molecule has 9 N–H and O–H groups in total. The number of rotatable bonds is 5. The third kappa shape index (κ3) is 14.6. The number of ketones is 1. The van der Waals surface area contributed by atoms with Crippen molar-refractivity contribution in [2.45, 2.75) is 45.0 Å². The van der Waals surface area contributed by atoms with Gasteiger partial charge in [-0.3, -0.25) is 49.6 Å². The Balaban J connectivity index is 0.000000128. The SMILES string of the molecule is C1=CC=CCC=C1.CC(=O)c1ccc(C(F)(F)F)cc1.NN1C(=O)[C@@H]2C3C=CC([C@H]4C[C@@H]34)[C@@H]2C1=O.NNP.O=C(NN1C(=O)[C@@H]2C3C=CC([C@H]4C[C@@H]34)[C@@H]2C1=O)c1ccc(C(F)(F)F)cc1.O=C1C=CC(=O)O1.O=C1[C@@H]2C3C=CC([C@H]4C[C@@H]34)[C@@H]2C(=O)N1NP.Oc1ccc(O)n1N=P. The van der Waals surface area contributed by atoms with Crippen molar-refractivity contribution in [2.75, 3.05) is 0 Å². The Bertz CT molecular complexity index is 3740. The molecular formula is C65H67F6N10O13P3. The number of hydrogen-bond acceptors (Lipinski definition) is 18. The average Bonchev–Trinajstić information content (AvgIpc) is 1.56. The number of cyclic esters (lactones) is 2. The molecule has 20 atom stereocenters. The maximum atomic E-state index is 12.8. The van der Waals surface area contributed by atoms with Crippen LogP contribution in [0.25, 0.3) is 0 Å². The van der Waals surface area contributed by atoms with Crippen LogP contribution in [0.2, 0.25) is 0 Å². The molecule has 7 amide bonds. The van der Waals surface area contributed by atoms with Crippen molar-refractivity contribution in [1.29, 1.82) is 0 Å². The van der Waals surface area contributed by atoms with Crippen LogP contribution in [0.5, 0.6) is 11.8 Å². The third-order valence-electron chi connectivity index (χ3n) is 19.8. The summed E-state index contributed by atoms with van der Waals surface area (Å²) < 4.78 is 78.9. The lowest BCUT2D eigenvalue weighted by atomic mass is 9.63. The van der Waals surface area contributed by atoms with E-state index in [1.807, 2.05) is 24.3 Å². The second-order valence-electron chi connectivity index (χ2n) is 25.0. The number of carbonyl (C=O) groups excluding carboxylic acids is 10. The molecule has 32 heteroatoms. The summed E-state index contributed by atoms with van der Waals surface area (Å²) in [5, 5.41) is 25.2. The summed E-state index contributed by atoms with van der Waals surface area (Å²) in [7, 11) is 7.10. The number of esters is 2. The summed E-state index contributed by atoms with van der Waals surface area (Å²) in [4.78, 5) is 120. The number of aromatic nitrogens is 1. The van der Waals surface area contributed by atoms with E-state index in [2.05, 4.69) is 108 Å². The second-order valence-corrected chi connectivity index (χ2v) is 25.8. The number of nitrogens with two attached hydrogens (primary N) is 2. The zero-order valence-electron chi connectivity index (χ0n) is 51.3. The number of hydrazine groups is 4. The first-order valence-electron chi connectivity index (χ1n) is 30.7. The quantitative estimate of drug-likeness (QED) is 0.0124. The monoisotopic (exact) mass is 1400 g/mol. The van der Waals surface area contributed by atoms with Crippen molar-refractivity contribution in [3.05, 3.63) is 168 Å². The standard InChI is InChI=1S/C19H15F3N2O3.C11H13N2O2P.C11H12N2O2.C9H7F3O.C7H8.C4H5N2O2P.C4H2O3.H5N2P/c20-19(21,22)9-3-1-8(2-4-9)16(25)23-24-17(26)14-10-5-6-11(13-7-12(10)13)15(14)18(24)27;14-10-8-4-1-2-5(7-3-6(4)7)9(8)11(15)13(10)12-16;12-13-10(14)8-4-1-2-5(7-3-6(4)7)9(8)11(13)15;1-6(13)7-2-4-8(5-3-7)9(10,11)12;1-2-4-6-7-5-3-1;7-3-1-2-4(8)6(3)5-9;5-3-1-2-4(6)7-3;1-2-3/h1-6,10-15H,7H2,(H,23,25);1-2,4-9,12H,3,16H2;1-2,4-9H,3,12H2;2-5H,1H3;1-6H,7H2;1-2,7-9H;1-2H;2H,1,3H2/t10?,11?,12-,13+,14+,15-;2*4?,5?,6-,7+,8+,9-;;;;;. The van der Waals surface area contributed by atoms with Gasteiger partial charge in [-0.1, -0.05) is 94.4 Å². The maximum Gasteiger partial charge on any atom is 0.416 e. The minimum Gasteiger partial charge on any atom is -0.493 e. The van der Waals surface area contributed by atoms with E-state index in [9.17, 15) is 74.3 Å². The van der Waals surface area contributed by atoms with Crippen LogP contribution in [0.15, 0.2) is 151 Å². The van der Waals surface area contributed by atoms with E-state index in [4.69, 9.17) is 16.1 Å². The predicted molar refractivity (Wildman–Crippen MR) is 340 cm³/mol. The van der Waals surface area contributed by atoms with E-state index in [0.29, 0.717) is 47.3 Å². The lowest BCUT2D eigenvalue weighted by Crippen LogP contribution is -2.46. The predicted octanol–water partition coefficient (Wildman–Crippen LogP) is 7.47. The zero-order valence-corrected chi connectivity index (χ0v) is 54.6. The minimum atomic E-state index is -4.50. The fraction of sp³-hybridized carbons (Fsp3) is 0.385. The zero-order chi connectivity index (χ0) is 70.3. The van der Waals surface area contributed by atoms with Crippen LogP contribution in [-0.4, -0.2) is 89.0 Å². The van der Waals surface area contributed by atoms with Crippen molar-refractivity contribution in [1.82, 2.24) is 35.5 Å². The molecule has 23 nitrogen and oxygen atoms in total. The molecule has 2 aromatic carbocycles. The normalized spacial score (nSPS) is 32.1. The van der Waals surface area contributed by atoms with E-state index < -0.39 is 65.0 Å². The van der Waals surface area contributed by atoms with E-state index in [0.717, 1.165) is 76.1 Å². The van der Waals surface area contributed by atoms with Gasteiger partial charge in [-0.15, -0.1) is 4.85 Å². The number of hydrogen-bond donors (Lipinski definition) is 7. The Morgan fingerprint density at radius 2 is 0.856 bits per heavy atom. The first-order valence-corrected chi connectivity index (χ1v) is 32.3. The van der Waals surface area contributed by atoms with Gasteiger partial charge in [0.1, 0.15) is 0 Å². The number of carbonyl (C=O) groups is 10. The van der Waals surface area contributed by atoms with Crippen molar-refractivity contribution < 1.29 is 89.2 Å². The number of nitrogens with one attached hydrogen (secondary N) is 3. The van der Waals surface area contributed by atoms with Gasteiger partial charge in [-0.05, 0) is 149 Å². The van der Waals surface area contributed by atoms with Crippen molar-refractivity contribution >= 4 is 86.9 Å². The Morgan fingerprint density at radius 3 is 1.13 bits per heavy atom. The average molecular weight is 1400 g/mol. The Labute approximate surface area is 557 Å². The molecule has 6 bridgehead atoms. The maximum absolute atomic E-state index is 12.8. The van der Waals surface area contributed by atoms with Crippen molar-refractivity contribution in [3.63, 3.8) is 0 Å². The number of ether oxygens (including phenoxy) is 1. The number of Topliss-reactive ketones (excluding diaryl/α,β-unsaturated/α-hetero) is 1. The van der Waals surface area contributed by atoms with Gasteiger partial charge in [-0.25, -0.2) is 35.8 Å². The number of allylic oxidation sites excluding steroid dienone is 12. The Hall–Kier alpha value is -8.42. The van der Waals surface area contributed by atoms with Gasteiger partial charge >= 0.3 is 24.3 Å². The summed E-state index contributed by atoms with van der Waals surface area (Å²) in [6.45, 7) is 1.31. The third-order valence-corrected chi connectivity index (χ3v) is 20.3. The molecule has 1 aromatic heterocycles. The van der Waals surface area contributed by atoms with Gasteiger partial charge in [-0.2, -0.15) is 36.0 Å². The second kappa shape index (κ2) is 29.0. The number of halogens is 6. The van der Waals surface area contributed by atoms with Crippen LogP contribution in [0.4, 0.5) is 26.3 Å². The van der Waals surface area contributed by atoms with Crippen molar-refractivity contribution in [2.24, 2.45) is 123 Å². The van der Waals surface area contributed by atoms with E-state index in [1.165, 1.54) is 49.0 Å². The molecule has 20 rings (SSSR count). The Morgan fingerprint density at radius 1 is 0.536 bits per heavy atom. The molecule has 5 heterocycles. The minimum absolute atomic E-state index is 0.0327. The molecule has 3 aromatic rings. The number of aromatic hydroxyl groups is 2. The molecule has 8 unspecified atom stereocenters. The van der Waals surface area contributed by atoms with Crippen LogP contribution < -0.4 is 27.5 Å². The van der Waals surface area contributed by atoms with E-state index in [-0.39, 0.29) is 99.6 Å². The fourth-order valence-corrected chi connectivity index (χ4v) is 15.8. The van der Waals surface area contributed by atoms with Crippen LogP contribution >= 0.6 is 27.8 Å². The summed E-state index contributed by atoms with van der Waals surface area (Å²) in [6.07, 6.45) is 23.0. The van der Waals surface area contributed by atoms with Crippen LogP contribution in [0.3, 0.4) is 0 Å². The first kappa shape index (κ1) is 71.4. The van der Waals surface area contributed by atoms with Gasteiger partial charge in [0.05, 0.1) is 46.6 Å². The van der Waals surface area contributed by atoms with Gasteiger partial charge < -0.3 is 14.9 Å². The summed E-state index contributed by atoms with van der Waals surface area (Å²) in [5.41, 5.74) is 0.913. The Kier molecular flexibility index (Phi) is 21.3. The van der Waals surface area contributed by atoms with Crippen LogP contribution in [0.1, 0.15) is 64.4 Å². The molecule has 0 spiro atoms. The van der Waals surface area contributed by atoms with Gasteiger partial charge in [0, 0.05) is 44.4 Å². The lowest BCUT2D eigenvalue weighted by molar-refractivity contribution is -0.150. The van der Waals surface area contributed by atoms with Gasteiger partial charge in [0.25, 0.3) is 17.7 Å². The summed E-state index contributed by atoms with van der Waals surface area (Å²) in [6, 6.07) is 10.4. The first-order chi connectivity index (χ1) is 46.1. The molecule has 512 valence electrons. The highest BCUT2D eigenvalue weighted by Crippen LogP contribution is 2.67. The van der Waals surface area contributed by atoms with Gasteiger partial charge in [0.2, 0.25) is 35.4 Å². The molecule has 3 saturated heterocycles. The topological polar surface area (TPSA) is 336 Å². The lowest BCUT2D eigenvalue weighted by Gasteiger charge is -2.37. The molecule has 4 aliphatic heterocycles. The summed E-state index contributed by atoms with van der Waals surface area (Å²) in [5.74, 6) is 9.96. The largest absolute Gasteiger partial charge is 0.493 e. The van der Waals surface area contributed by atoms with Crippen molar-refractivity contribution in [3.8, 4) is 11.8 Å². The highest BCUT2D eigenvalue weighted by Gasteiger charge is 2.69. The van der Waals surface area contributed by atoms with E-state index in [1.54, 1.807) is 0 Å². The number of benzene rings is 2. The fourth-order valence-electron chi connectivity index (χ4n) is 15.3. The van der Waals surface area contributed by atoms with Crippen LogP contribution in [-0.2, 0) is 55.4 Å². The summed E-state index contributed by atoms with van der Waals surface area (Å²) >= 11 is 0. The smallest absolute Gasteiger partial charge is 0.416 e. The molecule has 6 saturated carbocycles.